The largest absolute Gasteiger partial charge is 0.299 e. The summed E-state index contributed by atoms with van der Waals surface area (Å²) < 4.78 is 27.7. The monoisotopic (exact) mass is 444 g/mol. The Hall–Kier alpha value is -1.46. The molecule has 11 heteroatoms. The smallest absolute Gasteiger partial charge is 0.244 e. The van der Waals surface area contributed by atoms with Crippen LogP contribution in [0, 0.1) is 0 Å². The predicted octanol–water partition coefficient (Wildman–Crippen LogP) is 3.26. The Kier molecular flexibility index (Phi) is 6.53. The molecule has 2 heterocycles. The number of halogens is 1. The third-order valence-electron chi connectivity index (χ3n) is 3.89. The first-order valence-electron chi connectivity index (χ1n) is 8.07. The van der Waals surface area contributed by atoms with Crippen LogP contribution in [0.25, 0.3) is 0 Å². The van der Waals surface area contributed by atoms with Gasteiger partial charge < -0.3 is 0 Å². The molecule has 144 valence electrons. The number of thioether (sulfide) groups is 1. The minimum Gasteiger partial charge on any atom is -0.299 e. The van der Waals surface area contributed by atoms with Crippen LogP contribution in [0.2, 0.25) is 5.02 Å². The average Bonchev–Trinajstić information content (AvgIpc) is 3.30. The van der Waals surface area contributed by atoms with Crippen molar-refractivity contribution >= 4 is 55.8 Å². The third kappa shape index (κ3) is 4.69. The van der Waals surface area contributed by atoms with E-state index in [-0.39, 0.29) is 4.90 Å². The molecule has 1 saturated heterocycles. The van der Waals surface area contributed by atoms with Gasteiger partial charge in [-0.25, -0.2) is 8.42 Å². The van der Waals surface area contributed by atoms with E-state index in [2.05, 4.69) is 22.1 Å². The summed E-state index contributed by atoms with van der Waals surface area (Å²) in [5, 5.41) is 11.4. The maximum absolute atomic E-state index is 12.9. The summed E-state index contributed by atoms with van der Waals surface area (Å²) in [5.74, 6) is 0.291. The van der Waals surface area contributed by atoms with Crippen molar-refractivity contribution in [3.05, 3.63) is 41.9 Å². The minimum absolute atomic E-state index is 0.116. The lowest BCUT2D eigenvalue weighted by Gasteiger charge is -2.23. The number of rotatable bonds is 7. The highest BCUT2D eigenvalue weighted by Gasteiger charge is 2.39. The van der Waals surface area contributed by atoms with Gasteiger partial charge in [-0.1, -0.05) is 40.8 Å². The molecule has 7 nitrogen and oxygen atoms in total. The molecule has 1 aromatic carbocycles. The van der Waals surface area contributed by atoms with Gasteiger partial charge in [0.05, 0.1) is 4.90 Å². The molecule has 1 atom stereocenters. The lowest BCUT2D eigenvalue weighted by Crippen LogP contribution is -2.43. The first kappa shape index (κ1) is 20.3. The van der Waals surface area contributed by atoms with Gasteiger partial charge in [0.25, 0.3) is 0 Å². The van der Waals surface area contributed by atoms with Crippen LogP contribution in [0.4, 0.5) is 5.13 Å². The molecule has 0 spiro atoms. The fraction of sp³-hybridized carbons (Fsp3) is 0.312. The van der Waals surface area contributed by atoms with Crippen LogP contribution >= 0.6 is 34.7 Å². The molecular weight excluding hydrogens is 428 g/mol. The van der Waals surface area contributed by atoms with E-state index in [4.69, 9.17) is 11.6 Å². The van der Waals surface area contributed by atoms with Gasteiger partial charge in [0.1, 0.15) is 6.04 Å². The Morgan fingerprint density at radius 3 is 2.85 bits per heavy atom. The van der Waals surface area contributed by atoms with Gasteiger partial charge in [0, 0.05) is 17.3 Å². The number of carbonyl (C=O) groups is 1. The van der Waals surface area contributed by atoms with E-state index in [0.717, 1.165) is 0 Å². The normalized spacial score (nSPS) is 17.7. The van der Waals surface area contributed by atoms with Crippen LogP contribution in [0.1, 0.15) is 12.8 Å². The quantitative estimate of drug-likeness (QED) is 0.400. The Morgan fingerprint density at radius 1 is 1.41 bits per heavy atom. The van der Waals surface area contributed by atoms with E-state index in [1.807, 2.05) is 0 Å². The number of benzene rings is 1. The molecule has 1 aromatic heterocycles. The number of nitrogens with zero attached hydrogens (tertiary/aromatic N) is 3. The maximum atomic E-state index is 12.9. The molecule has 3 rings (SSSR count). The SMILES string of the molecule is C=CCSc1nnc(NC(=O)[C@H]2CCCN2S(=O)(=O)c2ccc(Cl)cc2)s1. The number of hydrogen-bond donors (Lipinski definition) is 1. The fourth-order valence-corrected chi connectivity index (χ4v) is 5.97. The zero-order valence-corrected chi connectivity index (χ0v) is 17.4. The third-order valence-corrected chi connectivity index (χ3v) is 8.03. The van der Waals surface area contributed by atoms with E-state index in [1.165, 1.54) is 51.7 Å². The van der Waals surface area contributed by atoms with E-state index < -0.39 is 22.0 Å². The zero-order valence-electron chi connectivity index (χ0n) is 14.2. The van der Waals surface area contributed by atoms with Gasteiger partial charge in [0.2, 0.25) is 21.1 Å². The molecule has 1 fully saturated rings. The first-order chi connectivity index (χ1) is 12.9. The van der Waals surface area contributed by atoms with Crippen molar-refractivity contribution in [2.24, 2.45) is 0 Å². The Labute approximate surface area is 170 Å². The van der Waals surface area contributed by atoms with Crippen molar-refractivity contribution in [1.82, 2.24) is 14.5 Å². The highest BCUT2D eigenvalue weighted by atomic mass is 35.5. The molecule has 1 amide bonds. The van der Waals surface area contributed by atoms with Crippen molar-refractivity contribution < 1.29 is 13.2 Å². The minimum atomic E-state index is -3.78. The standard InChI is InChI=1S/C16H17ClN4O3S3/c1-2-10-25-16-20-19-15(26-16)18-14(22)13-4-3-9-21(13)27(23,24)12-7-5-11(17)6-8-12/h2,5-8,13H,1,3-4,9-10H2,(H,18,19,22)/t13-/m1/s1. The summed E-state index contributed by atoms with van der Waals surface area (Å²) in [5.41, 5.74) is 0. The van der Waals surface area contributed by atoms with Crippen molar-refractivity contribution in [2.45, 2.75) is 28.1 Å². The number of sulfonamides is 1. The number of anilines is 1. The summed E-state index contributed by atoms with van der Waals surface area (Å²) >= 11 is 8.54. The van der Waals surface area contributed by atoms with E-state index in [1.54, 1.807) is 6.08 Å². The zero-order chi connectivity index (χ0) is 19.4. The first-order valence-corrected chi connectivity index (χ1v) is 11.7. The van der Waals surface area contributed by atoms with E-state index in [0.29, 0.717) is 39.6 Å². The highest BCUT2D eigenvalue weighted by molar-refractivity contribution is 8.01. The van der Waals surface area contributed by atoms with Gasteiger partial charge in [-0.2, -0.15) is 4.31 Å². The second-order valence-corrected chi connectivity index (χ2v) is 10.3. The Balaban J connectivity index is 1.73. The number of carbonyl (C=O) groups excluding carboxylic acids is 1. The number of hydrogen-bond acceptors (Lipinski definition) is 7. The van der Waals surface area contributed by atoms with Crippen molar-refractivity contribution in [2.75, 3.05) is 17.6 Å². The van der Waals surface area contributed by atoms with Crippen LogP contribution < -0.4 is 5.32 Å². The summed E-state index contributed by atoms with van der Waals surface area (Å²) in [6.07, 6.45) is 2.82. The molecule has 2 aromatic rings. The molecule has 0 bridgehead atoms. The molecule has 1 aliphatic rings. The second kappa shape index (κ2) is 8.70. The average molecular weight is 445 g/mol. The predicted molar refractivity (Wildman–Crippen MR) is 108 cm³/mol. The van der Waals surface area contributed by atoms with Gasteiger partial charge in [-0.3, -0.25) is 10.1 Å². The number of nitrogens with one attached hydrogen (secondary N) is 1. The number of amides is 1. The molecule has 0 aliphatic carbocycles. The summed E-state index contributed by atoms with van der Waals surface area (Å²) in [7, 11) is -3.78. The van der Waals surface area contributed by atoms with Gasteiger partial charge in [0.15, 0.2) is 4.34 Å². The van der Waals surface area contributed by atoms with Crippen LogP contribution in [0.15, 0.2) is 46.2 Å². The van der Waals surface area contributed by atoms with Gasteiger partial charge >= 0.3 is 0 Å². The summed E-state index contributed by atoms with van der Waals surface area (Å²) in [6.45, 7) is 3.93. The highest BCUT2D eigenvalue weighted by Crippen LogP contribution is 2.29. The van der Waals surface area contributed by atoms with Crippen molar-refractivity contribution in [3.63, 3.8) is 0 Å². The molecule has 0 unspecified atom stereocenters. The second-order valence-electron chi connectivity index (χ2n) is 5.69. The molecule has 0 saturated carbocycles. The number of aromatic nitrogens is 2. The van der Waals surface area contributed by atoms with Crippen molar-refractivity contribution in [3.8, 4) is 0 Å². The lowest BCUT2D eigenvalue weighted by atomic mass is 10.2. The summed E-state index contributed by atoms with van der Waals surface area (Å²) in [6, 6.07) is 5.14. The van der Waals surface area contributed by atoms with Gasteiger partial charge in [-0.05, 0) is 37.1 Å². The van der Waals surface area contributed by atoms with E-state index >= 15 is 0 Å². The molecule has 1 N–H and O–H groups in total. The van der Waals surface area contributed by atoms with Gasteiger partial charge in [-0.15, -0.1) is 16.8 Å². The van der Waals surface area contributed by atoms with Crippen LogP contribution in [0.5, 0.6) is 0 Å². The molecular formula is C16H17ClN4O3S3. The molecule has 27 heavy (non-hydrogen) atoms. The van der Waals surface area contributed by atoms with Crippen LogP contribution in [-0.2, 0) is 14.8 Å². The Morgan fingerprint density at radius 2 is 2.15 bits per heavy atom. The van der Waals surface area contributed by atoms with E-state index in [9.17, 15) is 13.2 Å². The maximum Gasteiger partial charge on any atom is 0.244 e. The topological polar surface area (TPSA) is 92.3 Å². The molecule has 1 aliphatic heterocycles. The van der Waals surface area contributed by atoms with Crippen molar-refractivity contribution in [1.29, 1.82) is 0 Å². The summed E-state index contributed by atoms with van der Waals surface area (Å²) in [4.78, 5) is 12.8. The molecule has 0 radical (unpaired) electrons. The Bertz CT molecular complexity index is 931. The fourth-order valence-electron chi connectivity index (χ4n) is 2.67. The van der Waals surface area contributed by atoms with Crippen LogP contribution in [-0.4, -0.2) is 47.2 Å². The lowest BCUT2D eigenvalue weighted by molar-refractivity contribution is -0.119. The van der Waals surface area contributed by atoms with Crippen LogP contribution in [0.3, 0.4) is 0 Å².